The Balaban J connectivity index is 1.89. The van der Waals surface area contributed by atoms with Gasteiger partial charge in [-0.25, -0.2) is 10.5 Å². The second-order valence-electron chi connectivity index (χ2n) is 6.71. The highest BCUT2D eigenvalue weighted by Gasteiger charge is 2.17. The van der Waals surface area contributed by atoms with Gasteiger partial charge in [-0.15, -0.1) is 0 Å². The number of aromatic nitrogens is 1. The van der Waals surface area contributed by atoms with Crippen LogP contribution in [0.15, 0.2) is 17.2 Å². The van der Waals surface area contributed by atoms with Crippen molar-refractivity contribution in [3.8, 4) is 5.75 Å². The van der Waals surface area contributed by atoms with Crippen LogP contribution in [-0.2, 0) is 0 Å². The lowest BCUT2D eigenvalue weighted by Gasteiger charge is -2.23. The Morgan fingerprint density at radius 2 is 1.84 bits per heavy atom. The molecule has 0 atom stereocenters. The van der Waals surface area contributed by atoms with Crippen LogP contribution in [0.2, 0.25) is 0 Å². The predicted octanol–water partition coefficient (Wildman–Crippen LogP) is 6.30. The van der Waals surface area contributed by atoms with Crippen molar-refractivity contribution in [2.75, 3.05) is 18.0 Å². The molecule has 25 heavy (non-hydrogen) atoms. The molecule has 0 bridgehead atoms. The first-order valence-corrected chi connectivity index (χ1v) is 10.3. The minimum atomic E-state index is 0.158. The van der Waals surface area contributed by atoms with Crippen LogP contribution >= 0.6 is 11.3 Å². The number of hydrogen-bond donors (Lipinski definition) is 1. The van der Waals surface area contributed by atoms with Crippen LogP contribution in [0.25, 0.3) is 10.2 Å². The van der Waals surface area contributed by atoms with Crippen LogP contribution in [0.3, 0.4) is 0 Å². The van der Waals surface area contributed by atoms with Gasteiger partial charge in [0.15, 0.2) is 5.13 Å². The van der Waals surface area contributed by atoms with E-state index in [9.17, 15) is 0 Å². The maximum atomic E-state index is 7.49. The number of nitrogens with one attached hydrogen (secondary N) is 1. The lowest BCUT2D eigenvalue weighted by atomic mass is 10.1. The molecule has 1 aromatic heterocycles. The third-order valence-electron chi connectivity index (χ3n) is 4.91. The molecule has 0 spiro atoms. The van der Waals surface area contributed by atoms with E-state index in [-0.39, 0.29) is 6.10 Å². The van der Waals surface area contributed by atoms with Crippen LogP contribution in [0.5, 0.6) is 5.75 Å². The molecule has 2 aromatic rings. The number of rotatable bonds is 6. The Kier molecular flexibility index (Phi) is 6.24. The fraction of sp³-hybridized carbons (Fsp3) is 0.632. The van der Waals surface area contributed by atoms with Crippen LogP contribution in [0.1, 0.15) is 58.8 Å². The highest BCUT2D eigenvalue weighted by Crippen LogP contribution is 2.38. The number of thiazole rings is 1. The molecule has 0 aliphatic carbocycles. The molecule has 6 heteroatoms. The van der Waals surface area contributed by atoms with Crippen molar-refractivity contribution in [2.45, 2.75) is 64.9 Å². The summed E-state index contributed by atoms with van der Waals surface area (Å²) in [5, 5.41) is 4.77. The molecular formula is C19H28N4OS. The summed E-state index contributed by atoms with van der Waals surface area (Å²) in [4.78, 5) is 7.28. The Hall–Kier alpha value is -1.69. The molecular weight excluding hydrogens is 332 g/mol. The summed E-state index contributed by atoms with van der Waals surface area (Å²) in [6.07, 6.45) is 8.53. The van der Waals surface area contributed by atoms with E-state index in [1.807, 2.05) is 12.1 Å². The summed E-state index contributed by atoms with van der Waals surface area (Å²) in [5.41, 5.74) is 9.05. The zero-order valence-electron chi connectivity index (χ0n) is 15.3. The van der Waals surface area contributed by atoms with Gasteiger partial charge in [-0.3, -0.25) is 0 Å². The lowest BCUT2D eigenvalue weighted by molar-refractivity contribution is 0.194. The fourth-order valence-electron chi connectivity index (χ4n) is 3.32. The van der Waals surface area contributed by atoms with Gasteiger partial charge in [-0.1, -0.05) is 44.4 Å². The summed E-state index contributed by atoms with van der Waals surface area (Å²) in [6.45, 7) is 6.42. The van der Waals surface area contributed by atoms with Gasteiger partial charge >= 0.3 is 0 Å². The van der Waals surface area contributed by atoms with E-state index in [2.05, 4.69) is 23.9 Å². The molecule has 0 radical (unpaired) electrons. The van der Waals surface area contributed by atoms with Gasteiger partial charge in [-0.05, 0) is 31.7 Å². The number of anilines is 1. The second kappa shape index (κ2) is 8.61. The monoisotopic (exact) mass is 360 g/mol. The fourth-order valence-corrected chi connectivity index (χ4v) is 4.35. The summed E-state index contributed by atoms with van der Waals surface area (Å²) < 4.78 is 7.15. The average Bonchev–Trinajstić information content (AvgIpc) is 3.01. The van der Waals surface area contributed by atoms with Crippen molar-refractivity contribution in [1.82, 2.24) is 4.98 Å². The number of fused-ring (bicyclic) bond motifs is 1. The molecule has 136 valence electrons. The lowest BCUT2D eigenvalue weighted by Crippen LogP contribution is -2.26. The van der Waals surface area contributed by atoms with Crippen molar-refractivity contribution in [2.24, 2.45) is 5.11 Å². The topological polar surface area (TPSA) is 61.6 Å². The smallest absolute Gasteiger partial charge is 0.186 e. The minimum Gasteiger partial charge on any atom is -0.488 e. The highest BCUT2D eigenvalue weighted by atomic mass is 32.1. The van der Waals surface area contributed by atoms with E-state index < -0.39 is 0 Å². The number of hydrogen-bond acceptors (Lipinski definition) is 6. The summed E-state index contributed by atoms with van der Waals surface area (Å²) in [6, 6.07) is 3.91. The van der Waals surface area contributed by atoms with E-state index in [1.165, 1.54) is 32.1 Å². The van der Waals surface area contributed by atoms with Crippen LogP contribution in [0.4, 0.5) is 10.8 Å². The standard InChI is InChI=1S/C19H28N4OS/c1-3-14(4-2)24-17-12-16-18(13-15(17)22-20)25-19(21-16)23-10-8-6-5-7-9-11-23/h12-14,20H,3-11H2,1-2H3. The third-order valence-corrected chi connectivity index (χ3v) is 5.99. The second-order valence-corrected chi connectivity index (χ2v) is 7.72. The van der Waals surface area contributed by atoms with Crippen molar-refractivity contribution >= 4 is 32.4 Å². The van der Waals surface area contributed by atoms with Crippen molar-refractivity contribution in [1.29, 1.82) is 5.53 Å². The Morgan fingerprint density at radius 1 is 1.16 bits per heavy atom. The van der Waals surface area contributed by atoms with E-state index in [0.29, 0.717) is 11.4 Å². The SMILES string of the molecule is CCC(CC)Oc1cc2nc(N3CCCCCCC3)sc2cc1N=N. The zero-order valence-corrected chi connectivity index (χ0v) is 16.1. The number of benzene rings is 1. The molecule has 3 rings (SSSR count). The van der Waals surface area contributed by atoms with Gasteiger partial charge in [0.25, 0.3) is 0 Å². The molecule has 2 heterocycles. The molecule has 1 saturated heterocycles. The molecule has 1 fully saturated rings. The Labute approximate surface area is 153 Å². The van der Waals surface area contributed by atoms with Crippen LogP contribution in [0, 0.1) is 5.53 Å². The number of ether oxygens (including phenoxy) is 1. The molecule has 0 saturated carbocycles. The molecule has 0 amide bonds. The first kappa shape index (κ1) is 18.1. The normalized spacial score (nSPS) is 16.0. The van der Waals surface area contributed by atoms with E-state index in [0.717, 1.165) is 41.3 Å². The maximum Gasteiger partial charge on any atom is 0.186 e. The summed E-state index contributed by atoms with van der Waals surface area (Å²) >= 11 is 1.70. The molecule has 1 aliphatic heterocycles. The quantitative estimate of drug-likeness (QED) is 0.615. The van der Waals surface area contributed by atoms with Gasteiger partial charge in [0.1, 0.15) is 11.4 Å². The van der Waals surface area contributed by atoms with Gasteiger partial charge in [0, 0.05) is 19.2 Å². The largest absolute Gasteiger partial charge is 0.488 e. The Bertz CT molecular complexity index is 703. The third kappa shape index (κ3) is 4.29. The van der Waals surface area contributed by atoms with Crippen molar-refractivity contribution < 1.29 is 4.74 Å². The van der Waals surface area contributed by atoms with Crippen LogP contribution in [-0.4, -0.2) is 24.2 Å². The van der Waals surface area contributed by atoms with Crippen LogP contribution < -0.4 is 9.64 Å². The average molecular weight is 361 g/mol. The Morgan fingerprint density at radius 3 is 2.48 bits per heavy atom. The molecule has 1 aromatic carbocycles. The number of nitrogens with zero attached hydrogens (tertiary/aromatic N) is 3. The molecule has 0 unspecified atom stereocenters. The van der Waals surface area contributed by atoms with E-state index in [1.54, 1.807) is 11.3 Å². The van der Waals surface area contributed by atoms with E-state index in [4.69, 9.17) is 15.3 Å². The van der Waals surface area contributed by atoms with E-state index >= 15 is 0 Å². The first-order valence-electron chi connectivity index (χ1n) is 9.48. The van der Waals surface area contributed by atoms with Gasteiger partial charge in [0.05, 0.1) is 16.3 Å². The van der Waals surface area contributed by atoms with Gasteiger partial charge < -0.3 is 9.64 Å². The molecule has 5 nitrogen and oxygen atoms in total. The van der Waals surface area contributed by atoms with Gasteiger partial charge in [-0.2, -0.15) is 5.11 Å². The molecule has 1 N–H and O–H groups in total. The predicted molar refractivity (Wildman–Crippen MR) is 105 cm³/mol. The van der Waals surface area contributed by atoms with Gasteiger partial charge in [0.2, 0.25) is 0 Å². The molecule has 1 aliphatic rings. The highest BCUT2D eigenvalue weighted by molar-refractivity contribution is 7.22. The summed E-state index contributed by atoms with van der Waals surface area (Å²) in [7, 11) is 0. The van der Waals surface area contributed by atoms with Crippen molar-refractivity contribution in [3.63, 3.8) is 0 Å². The summed E-state index contributed by atoms with van der Waals surface area (Å²) in [5.74, 6) is 0.681. The maximum absolute atomic E-state index is 7.49. The zero-order chi connectivity index (χ0) is 17.6. The van der Waals surface area contributed by atoms with Crippen molar-refractivity contribution in [3.05, 3.63) is 12.1 Å². The first-order chi connectivity index (χ1) is 12.2. The minimum absolute atomic E-state index is 0.158.